The third kappa shape index (κ3) is 2.96. The van der Waals surface area contributed by atoms with Crippen molar-refractivity contribution >= 4 is 17.3 Å². The van der Waals surface area contributed by atoms with Gasteiger partial charge in [-0.2, -0.15) is 0 Å². The fraction of sp³-hybridized carbons (Fsp3) is 0.286. The van der Waals surface area contributed by atoms with Gasteiger partial charge in [0.2, 0.25) is 0 Å². The Morgan fingerprint density at radius 2 is 2.11 bits per heavy atom. The van der Waals surface area contributed by atoms with Crippen LogP contribution in [0.1, 0.15) is 28.5 Å². The molecule has 0 amide bonds. The lowest BCUT2D eigenvalue weighted by atomic mass is 9.94. The summed E-state index contributed by atoms with van der Waals surface area (Å²) >= 11 is 1.59. The normalized spacial score (nSPS) is 12.3. The summed E-state index contributed by atoms with van der Waals surface area (Å²) < 4.78 is 0. The molecule has 0 aliphatic heterocycles. The molecule has 1 aromatic carbocycles. The van der Waals surface area contributed by atoms with Crippen molar-refractivity contribution in [2.75, 3.05) is 0 Å². The van der Waals surface area contributed by atoms with Gasteiger partial charge < -0.3 is 5.11 Å². The lowest BCUT2D eigenvalue weighted by molar-refractivity contribution is -0.138. The highest BCUT2D eigenvalue weighted by Gasteiger charge is 2.19. The molecule has 2 aromatic rings. The predicted molar refractivity (Wildman–Crippen MR) is 72.0 cm³/mol. The van der Waals surface area contributed by atoms with Crippen molar-refractivity contribution < 1.29 is 9.90 Å². The monoisotopic (exact) mass is 261 g/mol. The number of aromatic nitrogens is 1. The van der Waals surface area contributed by atoms with Crippen molar-refractivity contribution in [1.29, 1.82) is 0 Å². The first kappa shape index (κ1) is 12.8. The zero-order valence-electron chi connectivity index (χ0n) is 10.2. The first-order valence-electron chi connectivity index (χ1n) is 5.85. The van der Waals surface area contributed by atoms with E-state index in [1.807, 2.05) is 42.8 Å². The number of carboxylic acid groups (broad SMARTS) is 1. The van der Waals surface area contributed by atoms with E-state index in [-0.39, 0.29) is 0 Å². The number of aliphatic carboxylic acids is 1. The minimum atomic E-state index is -0.761. The van der Waals surface area contributed by atoms with Gasteiger partial charge in [0, 0.05) is 4.88 Å². The second-order valence-corrected chi connectivity index (χ2v) is 5.14. The van der Waals surface area contributed by atoms with Crippen LogP contribution >= 0.6 is 11.3 Å². The molecule has 94 valence electrons. The van der Waals surface area contributed by atoms with E-state index in [1.165, 1.54) is 4.88 Å². The van der Waals surface area contributed by atoms with Gasteiger partial charge in [-0.15, -0.1) is 11.3 Å². The summed E-state index contributed by atoms with van der Waals surface area (Å²) in [7, 11) is 0. The fourth-order valence-electron chi connectivity index (χ4n) is 1.96. The van der Waals surface area contributed by atoms with Crippen LogP contribution in [-0.2, 0) is 11.2 Å². The topological polar surface area (TPSA) is 50.2 Å². The van der Waals surface area contributed by atoms with Crippen LogP contribution in [0.4, 0.5) is 0 Å². The third-order valence-corrected chi connectivity index (χ3v) is 4.00. The molecular weight excluding hydrogens is 246 g/mol. The van der Waals surface area contributed by atoms with Crippen LogP contribution in [0.2, 0.25) is 0 Å². The second-order valence-electron chi connectivity index (χ2n) is 4.20. The Balaban J connectivity index is 2.09. The molecule has 1 N–H and O–H groups in total. The molecule has 0 saturated carbocycles. The van der Waals surface area contributed by atoms with Crippen LogP contribution < -0.4 is 0 Å². The zero-order valence-corrected chi connectivity index (χ0v) is 11.0. The van der Waals surface area contributed by atoms with Gasteiger partial charge in [-0.3, -0.25) is 4.79 Å². The van der Waals surface area contributed by atoms with E-state index >= 15 is 0 Å². The van der Waals surface area contributed by atoms with Crippen LogP contribution in [0.25, 0.3) is 0 Å². The molecular formula is C14H15NO2S. The van der Waals surface area contributed by atoms with Gasteiger partial charge in [-0.05, 0) is 25.3 Å². The van der Waals surface area contributed by atoms with E-state index < -0.39 is 11.9 Å². The largest absolute Gasteiger partial charge is 0.481 e. The number of carboxylic acids is 1. The number of hydrogen-bond donors (Lipinski definition) is 1. The molecule has 1 aromatic heterocycles. The Labute approximate surface area is 110 Å². The van der Waals surface area contributed by atoms with Crippen LogP contribution in [0.3, 0.4) is 0 Å². The molecule has 0 bridgehead atoms. The molecule has 0 aliphatic carbocycles. The number of hydrogen-bond acceptors (Lipinski definition) is 3. The minimum absolute atomic E-state index is 0.437. The van der Waals surface area contributed by atoms with E-state index in [4.69, 9.17) is 0 Å². The summed E-state index contributed by atoms with van der Waals surface area (Å²) in [6.07, 6.45) is 1.38. The van der Waals surface area contributed by atoms with Gasteiger partial charge in [-0.1, -0.05) is 30.3 Å². The number of rotatable bonds is 5. The van der Waals surface area contributed by atoms with E-state index in [0.29, 0.717) is 6.42 Å². The molecule has 1 heterocycles. The van der Waals surface area contributed by atoms with Crippen LogP contribution in [0.5, 0.6) is 0 Å². The number of benzene rings is 1. The minimum Gasteiger partial charge on any atom is -0.481 e. The summed E-state index contributed by atoms with van der Waals surface area (Å²) in [5, 5.41) is 9.31. The quantitative estimate of drug-likeness (QED) is 0.898. The van der Waals surface area contributed by atoms with Gasteiger partial charge in [0.15, 0.2) is 0 Å². The Morgan fingerprint density at radius 1 is 1.39 bits per heavy atom. The van der Waals surface area contributed by atoms with E-state index in [1.54, 1.807) is 11.3 Å². The van der Waals surface area contributed by atoms with Crippen molar-refractivity contribution in [3.63, 3.8) is 0 Å². The molecule has 0 spiro atoms. The van der Waals surface area contributed by atoms with Gasteiger partial charge >= 0.3 is 5.97 Å². The SMILES string of the molecule is Cc1ncsc1CCC(C(=O)O)c1ccccc1. The Kier molecular flexibility index (Phi) is 4.10. The Hall–Kier alpha value is -1.68. The number of aryl methyl sites for hydroxylation is 2. The highest BCUT2D eigenvalue weighted by molar-refractivity contribution is 7.09. The maximum Gasteiger partial charge on any atom is 0.310 e. The van der Waals surface area contributed by atoms with E-state index in [2.05, 4.69) is 4.98 Å². The van der Waals surface area contributed by atoms with E-state index in [9.17, 15) is 9.90 Å². The summed E-state index contributed by atoms with van der Waals surface area (Å²) in [6.45, 7) is 1.96. The van der Waals surface area contributed by atoms with Crippen LogP contribution in [0, 0.1) is 6.92 Å². The third-order valence-electron chi connectivity index (χ3n) is 3.00. The molecule has 3 nitrogen and oxygen atoms in total. The number of carbonyl (C=O) groups is 1. The highest BCUT2D eigenvalue weighted by atomic mass is 32.1. The Bertz CT molecular complexity index is 522. The van der Waals surface area contributed by atoms with Gasteiger partial charge in [0.05, 0.1) is 17.1 Å². The molecule has 1 atom stereocenters. The maximum absolute atomic E-state index is 11.3. The number of nitrogens with zero attached hydrogens (tertiary/aromatic N) is 1. The summed E-state index contributed by atoms with van der Waals surface area (Å²) in [5.41, 5.74) is 3.69. The molecule has 18 heavy (non-hydrogen) atoms. The molecule has 1 unspecified atom stereocenters. The summed E-state index contributed by atoms with van der Waals surface area (Å²) in [5.74, 6) is -1.20. The van der Waals surface area contributed by atoms with E-state index in [0.717, 1.165) is 17.7 Å². The number of thiazole rings is 1. The molecule has 0 aliphatic rings. The van der Waals surface area contributed by atoms with Crippen molar-refractivity contribution in [3.8, 4) is 0 Å². The highest BCUT2D eigenvalue weighted by Crippen LogP contribution is 2.24. The van der Waals surface area contributed by atoms with Gasteiger partial charge in [0.25, 0.3) is 0 Å². The molecule has 0 radical (unpaired) electrons. The smallest absolute Gasteiger partial charge is 0.310 e. The molecule has 0 fully saturated rings. The molecule has 4 heteroatoms. The predicted octanol–water partition coefficient (Wildman–Crippen LogP) is 3.25. The van der Waals surface area contributed by atoms with Crippen molar-refractivity contribution in [1.82, 2.24) is 4.98 Å². The maximum atomic E-state index is 11.3. The zero-order chi connectivity index (χ0) is 13.0. The summed E-state index contributed by atoms with van der Waals surface area (Å²) in [4.78, 5) is 16.7. The average Bonchev–Trinajstić information content (AvgIpc) is 2.76. The lowest BCUT2D eigenvalue weighted by Gasteiger charge is -2.12. The molecule has 2 rings (SSSR count). The van der Waals surface area contributed by atoms with Crippen molar-refractivity contribution in [2.24, 2.45) is 0 Å². The average molecular weight is 261 g/mol. The first-order valence-corrected chi connectivity index (χ1v) is 6.73. The molecule has 0 saturated heterocycles. The van der Waals surface area contributed by atoms with Gasteiger partial charge in [0.1, 0.15) is 0 Å². The Morgan fingerprint density at radius 3 is 2.67 bits per heavy atom. The summed E-state index contributed by atoms with van der Waals surface area (Å²) in [6, 6.07) is 9.40. The van der Waals surface area contributed by atoms with Crippen molar-refractivity contribution in [2.45, 2.75) is 25.7 Å². The fourth-order valence-corrected chi connectivity index (χ4v) is 2.76. The van der Waals surface area contributed by atoms with Crippen LogP contribution in [0.15, 0.2) is 35.8 Å². The van der Waals surface area contributed by atoms with Crippen molar-refractivity contribution in [3.05, 3.63) is 52.0 Å². The first-order chi connectivity index (χ1) is 8.68. The standard InChI is InChI=1S/C14H15NO2S/c1-10-13(18-9-15-10)8-7-12(14(16)17)11-5-3-2-4-6-11/h2-6,9,12H,7-8H2,1H3,(H,16,17). The van der Waals surface area contributed by atoms with Crippen LogP contribution in [-0.4, -0.2) is 16.1 Å². The lowest BCUT2D eigenvalue weighted by Crippen LogP contribution is -2.12. The second kappa shape index (κ2) is 5.78. The van der Waals surface area contributed by atoms with Gasteiger partial charge in [-0.25, -0.2) is 4.98 Å².